The summed E-state index contributed by atoms with van der Waals surface area (Å²) in [4.78, 5) is 5.51. The van der Waals surface area contributed by atoms with Gasteiger partial charge in [-0.3, -0.25) is 9.80 Å². The summed E-state index contributed by atoms with van der Waals surface area (Å²) in [5, 5.41) is 42.5. The lowest BCUT2D eigenvalue weighted by atomic mass is 9.44. The predicted octanol–water partition coefficient (Wildman–Crippen LogP) is 6.46. The second-order valence-corrected chi connectivity index (χ2v) is 18.8. The number of phenolic OH excluding ortho intramolecular Hbond substituents is 2. The predicted molar refractivity (Wildman–Crippen MR) is 201 cm³/mol. The first-order valence-electron chi connectivity index (χ1n) is 20.0. The molecule has 0 amide bonds. The number of hydrogen-bond acceptors (Lipinski definition) is 8. The summed E-state index contributed by atoms with van der Waals surface area (Å²) in [6.45, 7) is 9.56. The van der Waals surface area contributed by atoms with Crippen LogP contribution in [0.4, 0.5) is 0 Å². The van der Waals surface area contributed by atoms with E-state index in [1.165, 1.54) is 61.0 Å². The van der Waals surface area contributed by atoms with Crippen molar-refractivity contribution in [3.8, 4) is 23.0 Å². The molecule has 2 aromatic carbocycles. The number of benzene rings is 2. The van der Waals surface area contributed by atoms with Crippen molar-refractivity contribution in [3.05, 3.63) is 46.5 Å². The van der Waals surface area contributed by atoms with E-state index >= 15 is 0 Å². The molecular weight excluding hydrogens is 652 g/mol. The molecule has 284 valence electrons. The van der Waals surface area contributed by atoms with Crippen molar-refractivity contribution < 1.29 is 29.9 Å². The molecule has 6 fully saturated rings. The monoisotopic (exact) mass is 714 g/mol. The van der Waals surface area contributed by atoms with E-state index < -0.39 is 12.2 Å². The lowest BCUT2D eigenvalue weighted by Crippen LogP contribution is -2.72. The van der Waals surface area contributed by atoms with Gasteiger partial charge in [-0.2, -0.15) is 0 Å². The zero-order chi connectivity index (χ0) is 33.9. The fourth-order valence-electron chi connectivity index (χ4n) is 13.8. The molecule has 0 radical (unpaired) electrons. The minimum Gasteiger partial charge on any atom is -0.504 e. The second kappa shape index (κ2) is 11.5. The Morgan fingerprint density at radius 1 is 0.615 bits per heavy atom. The summed E-state index contributed by atoms with van der Waals surface area (Å²) in [6, 6.07) is 8.86. The molecule has 8 heteroatoms. The highest BCUT2D eigenvalue weighted by atomic mass is 16.5. The normalized spacial score (nSPS) is 42.6. The van der Waals surface area contributed by atoms with Crippen LogP contribution >= 0.6 is 0 Å². The minimum absolute atomic E-state index is 0. The van der Waals surface area contributed by atoms with Crippen molar-refractivity contribution >= 4 is 0 Å². The highest BCUT2D eigenvalue weighted by Gasteiger charge is 2.72. The van der Waals surface area contributed by atoms with Gasteiger partial charge in [0.05, 0.1) is 12.2 Å². The number of nitrogens with zero attached hydrogens (tertiary/aromatic N) is 2. The van der Waals surface area contributed by atoms with Crippen LogP contribution in [0.2, 0.25) is 0 Å². The van der Waals surface area contributed by atoms with E-state index in [-0.39, 0.29) is 60.2 Å². The van der Waals surface area contributed by atoms with Crippen LogP contribution in [0.1, 0.15) is 115 Å². The Balaban J connectivity index is 0.000000133. The fraction of sp³-hybridized carbons (Fsp3) is 0.727. The smallest absolute Gasteiger partial charge is 0.165 e. The first-order chi connectivity index (χ1) is 24.1. The van der Waals surface area contributed by atoms with Gasteiger partial charge in [0.1, 0.15) is 12.2 Å². The van der Waals surface area contributed by atoms with E-state index in [1.807, 2.05) is 0 Å². The third-order valence-electron chi connectivity index (χ3n) is 16.6. The zero-order valence-corrected chi connectivity index (χ0v) is 29.7. The Hall–Kier alpha value is -2.52. The molecule has 6 aliphatic carbocycles. The van der Waals surface area contributed by atoms with Crippen LogP contribution in [0.25, 0.3) is 0 Å². The van der Waals surface area contributed by atoms with Gasteiger partial charge in [-0.1, -0.05) is 40.8 Å². The van der Waals surface area contributed by atoms with Crippen LogP contribution in [0.3, 0.4) is 0 Å². The van der Waals surface area contributed by atoms with E-state index in [0.29, 0.717) is 23.6 Å². The molecule has 0 aromatic heterocycles. The summed E-state index contributed by atoms with van der Waals surface area (Å²) in [6.07, 6.45) is 12.2. The summed E-state index contributed by atoms with van der Waals surface area (Å²) < 4.78 is 12.6. The van der Waals surface area contributed by atoms with Gasteiger partial charge in [0.15, 0.2) is 23.0 Å². The van der Waals surface area contributed by atoms with Crippen LogP contribution in [-0.2, 0) is 23.7 Å². The Morgan fingerprint density at radius 3 is 1.40 bits per heavy atom. The molecule has 2 aromatic rings. The molecule has 4 N–H and O–H groups in total. The highest BCUT2D eigenvalue weighted by Crippen LogP contribution is 2.70. The number of likely N-dealkylation sites (tertiary alicyclic amines) is 2. The zero-order valence-electron chi connectivity index (χ0n) is 29.7. The number of aliphatic hydroxyl groups is 2. The Morgan fingerprint density at radius 2 is 1.02 bits per heavy atom. The molecule has 12 rings (SSSR count). The van der Waals surface area contributed by atoms with E-state index in [0.717, 1.165) is 76.3 Å². The topological polar surface area (TPSA) is 106 Å². The molecule has 4 bridgehead atoms. The van der Waals surface area contributed by atoms with Gasteiger partial charge in [-0.15, -0.1) is 0 Å². The van der Waals surface area contributed by atoms with E-state index in [4.69, 9.17) is 9.47 Å². The van der Waals surface area contributed by atoms with Crippen LogP contribution in [0.5, 0.6) is 23.0 Å². The van der Waals surface area contributed by atoms with Crippen molar-refractivity contribution in [1.82, 2.24) is 9.80 Å². The molecule has 8 nitrogen and oxygen atoms in total. The van der Waals surface area contributed by atoms with Crippen molar-refractivity contribution in [2.75, 3.05) is 26.2 Å². The van der Waals surface area contributed by atoms with Gasteiger partial charge < -0.3 is 29.9 Å². The van der Waals surface area contributed by atoms with Gasteiger partial charge in [0, 0.05) is 47.1 Å². The number of phenols is 2. The summed E-state index contributed by atoms with van der Waals surface area (Å²) in [5.41, 5.74) is 5.14. The number of rotatable bonds is 4. The lowest BCUT2D eigenvalue weighted by molar-refractivity contribution is -0.153. The number of aliphatic hydroxyl groups excluding tert-OH is 2. The molecule has 4 unspecified atom stereocenters. The molecule has 10 atom stereocenters. The molecule has 4 saturated carbocycles. The lowest BCUT2D eigenvalue weighted by Gasteiger charge is -2.65. The molecule has 10 aliphatic rings. The number of ether oxygens (including phenoxy) is 2. The highest BCUT2D eigenvalue weighted by molar-refractivity contribution is 5.63. The maximum Gasteiger partial charge on any atom is 0.165 e. The molecule has 52 heavy (non-hydrogen) atoms. The van der Waals surface area contributed by atoms with Crippen LogP contribution in [0, 0.1) is 22.7 Å². The van der Waals surface area contributed by atoms with E-state index in [9.17, 15) is 20.4 Å². The van der Waals surface area contributed by atoms with Crippen molar-refractivity contribution in [2.24, 2.45) is 22.7 Å². The molecule has 4 aliphatic heterocycles. The summed E-state index contributed by atoms with van der Waals surface area (Å²) >= 11 is 0. The quantitative estimate of drug-likeness (QED) is 0.286. The van der Waals surface area contributed by atoms with Crippen molar-refractivity contribution in [3.63, 3.8) is 0 Å². The minimum atomic E-state index is -0.429. The number of piperidine rings is 2. The molecular formula is C44H62N2O6. The molecule has 2 spiro atoms. The number of hydrogen-bond donors (Lipinski definition) is 4. The van der Waals surface area contributed by atoms with Gasteiger partial charge in [0.25, 0.3) is 0 Å². The molecule has 4 heterocycles. The van der Waals surface area contributed by atoms with Crippen LogP contribution in [0.15, 0.2) is 24.3 Å². The Bertz CT molecular complexity index is 1650. The van der Waals surface area contributed by atoms with Gasteiger partial charge in [-0.25, -0.2) is 0 Å². The maximum absolute atomic E-state index is 10.8. The first-order valence-corrected chi connectivity index (χ1v) is 20.0. The van der Waals surface area contributed by atoms with Crippen LogP contribution < -0.4 is 9.47 Å². The van der Waals surface area contributed by atoms with Crippen molar-refractivity contribution in [2.45, 2.75) is 153 Å². The van der Waals surface area contributed by atoms with Gasteiger partial charge >= 0.3 is 0 Å². The summed E-state index contributed by atoms with van der Waals surface area (Å²) in [5.74, 6) is 3.64. The third kappa shape index (κ3) is 4.24. The van der Waals surface area contributed by atoms with E-state index in [1.54, 1.807) is 12.1 Å². The fourth-order valence-corrected chi connectivity index (χ4v) is 13.8. The first kappa shape index (κ1) is 35.2. The number of aromatic hydroxyl groups is 2. The standard InChI is InChI=1S/2C21H27NO3.2CH4/c2*1-20-7-6-15(24)19-21(20)8-9-22(11-12-2-3-12)16(20)10-13-4-5-14(23)18(25-19)17(13)21;;/h2*4-5,12,15-16,19,23-24H,2-3,6-11H2,1H3;2*1H4/t15-,16?,19?,20+,21+;15-,16?,19?,20-,21-;;/m10../s1. The average molecular weight is 715 g/mol. The maximum atomic E-state index is 10.8. The van der Waals surface area contributed by atoms with Crippen molar-refractivity contribution in [1.29, 1.82) is 0 Å². The second-order valence-electron chi connectivity index (χ2n) is 18.8. The van der Waals surface area contributed by atoms with Gasteiger partial charge in [0.2, 0.25) is 0 Å². The molecule has 2 saturated heterocycles. The third-order valence-corrected chi connectivity index (χ3v) is 16.6. The Kier molecular flexibility index (Phi) is 7.79. The SMILES string of the molecule is C.C.C[C@@]12CC[C@@H](O)C3Oc4c(O)ccc5c4[C@@]31CCN(CC1CC1)C2C5.C[C@@]12CC[C@H](O)C3Oc4c(O)ccc5c4[C@@]31CCN(CC1CC1)C2C5. The largest absolute Gasteiger partial charge is 0.504 e. The van der Waals surface area contributed by atoms with Crippen LogP contribution in [-0.4, -0.2) is 92.9 Å². The van der Waals surface area contributed by atoms with E-state index in [2.05, 4.69) is 35.8 Å². The van der Waals surface area contributed by atoms with Gasteiger partial charge in [-0.05, 0) is 136 Å². The Labute approximate surface area is 310 Å². The summed E-state index contributed by atoms with van der Waals surface area (Å²) in [7, 11) is 0. The average Bonchev–Trinajstić information content (AvgIpc) is 4.02.